The standard InChI is InChI=1S/C14H28O/c1-3-4-5-6-7-8-9-10-11-12-13-14(2)15/h3,14-15H,1,4-13H2,2H3. The molecular weight excluding hydrogens is 184 g/mol. The Kier molecular flexibility index (Phi) is 11.5. The van der Waals surface area contributed by atoms with E-state index in [1.165, 1.54) is 57.8 Å². The molecule has 1 N–H and O–H groups in total. The van der Waals surface area contributed by atoms with E-state index in [0.29, 0.717) is 0 Å². The molecule has 0 spiro atoms. The molecule has 1 heteroatoms. The summed E-state index contributed by atoms with van der Waals surface area (Å²) in [4.78, 5) is 0. The lowest BCUT2D eigenvalue weighted by molar-refractivity contribution is 0.180. The Labute approximate surface area is 95.6 Å². The van der Waals surface area contributed by atoms with Crippen LogP contribution in [0.5, 0.6) is 0 Å². The Hall–Kier alpha value is -0.300. The summed E-state index contributed by atoms with van der Waals surface area (Å²) < 4.78 is 0. The summed E-state index contributed by atoms with van der Waals surface area (Å²) in [5.41, 5.74) is 0. The molecule has 15 heavy (non-hydrogen) atoms. The van der Waals surface area contributed by atoms with Crippen molar-refractivity contribution in [2.45, 2.75) is 77.2 Å². The second kappa shape index (κ2) is 11.8. The quantitative estimate of drug-likeness (QED) is 0.396. The highest BCUT2D eigenvalue weighted by molar-refractivity contribution is 4.65. The SMILES string of the molecule is C=CCCCCCCCCCCC(C)O. The second-order valence-electron chi connectivity index (χ2n) is 4.54. The summed E-state index contributed by atoms with van der Waals surface area (Å²) in [6.45, 7) is 5.60. The Balaban J connectivity index is 2.89. The minimum absolute atomic E-state index is 0.107. The van der Waals surface area contributed by atoms with Crippen molar-refractivity contribution in [2.24, 2.45) is 0 Å². The first kappa shape index (κ1) is 14.7. The monoisotopic (exact) mass is 212 g/mol. The van der Waals surface area contributed by atoms with Gasteiger partial charge in [-0.3, -0.25) is 0 Å². The smallest absolute Gasteiger partial charge is 0.0512 e. The van der Waals surface area contributed by atoms with E-state index in [9.17, 15) is 0 Å². The highest BCUT2D eigenvalue weighted by Gasteiger charge is 1.95. The van der Waals surface area contributed by atoms with Crippen LogP contribution in [0.25, 0.3) is 0 Å². The van der Waals surface area contributed by atoms with Gasteiger partial charge in [-0.15, -0.1) is 6.58 Å². The van der Waals surface area contributed by atoms with Gasteiger partial charge in [0.05, 0.1) is 6.10 Å². The number of aliphatic hydroxyl groups excluding tert-OH is 1. The fraction of sp³-hybridized carbons (Fsp3) is 0.857. The van der Waals surface area contributed by atoms with Crippen LogP contribution in [0.1, 0.15) is 71.1 Å². The summed E-state index contributed by atoms with van der Waals surface area (Å²) in [5, 5.41) is 9.07. The van der Waals surface area contributed by atoms with E-state index in [-0.39, 0.29) is 6.10 Å². The maximum Gasteiger partial charge on any atom is 0.0512 e. The van der Waals surface area contributed by atoms with E-state index in [1.807, 2.05) is 13.0 Å². The molecule has 0 radical (unpaired) electrons. The van der Waals surface area contributed by atoms with Gasteiger partial charge in [0.25, 0.3) is 0 Å². The van der Waals surface area contributed by atoms with E-state index < -0.39 is 0 Å². The fourth-order valence-corrected chi connectivity index (χ4v) is 1.79. The van der Waals surface area contributed by atoms with Gasteiger partial charge in [0, 0.05) is 0 Å². The molecule has 0 aliphatic carbocycles. The summed E-state index contributed by atoms with van der Waals surface area (Å²) in [7, 11) is 0. The van der Waals surface area contributed by atoms with Crippen LogP contribution in [0.4, 0.5) is 0 Å². The van der Waals surface area contributed by atoms with E-state index in [2.05, 4.69) is 6.58 Å². The van der Waals surface area contributed by atoms with Crippen molar-refractivity contribution < 1.29 is 5.11 Å². The molecule has 0 aromatic rings. The highest BCUT2D eigenvalue weighted by atomic mass is 16.3. The zero-order chi connectivity index (χ0) is 11.4. The summed E-state index contributed by atoms with van der Waals surface area (Å²) in [6, 6.07) is 0. The zero-order valence-electron chi connectivity index (χ0n) is 10.4. The molecule has 1 nitrogen and oxygen atoms in total. The third-order valence-electron chi connectivity index (χ3n) is 2.78. The van der Waals surface area contributed by atoms with Gasteiger partial charge < -0.3 is 5.11 Å². The summed E-state index contributed by atoms with van der Waals surface area (Å²) in [5.74, 6) is 0. The normalized spacial score (nSPS) is 12.7. The molecule has 0 saturated carbocycles. The zero-order valence-corrected chi connectivity index (χ0v) is 10.4. The van der Waals surface area contributed by atoms with Crippen LogP contribution in [-0.4, -0.2) is 11.2 Å². The highest BCUT2D eigenvalue weighted by Crippen LogP contribution is 2.11. The molecule has 0 bridgehead atoms. The van der Waals surface area contributed by atoms with Crippen LogP contribution >= 0.6 is 0 Å². The third kappa shape index (κ3) is 13.7. The predicted molar refractivity (Wildman–Crippen MR) is 68.0 cm³/mol. The Morgan fingerprint density at radius 1 is 0.933 bits per heavy atom. The minimum Gasteiger partial charge on any atom is -0.393 e. The largest absolute Gasteiger partial charge is 0.393 e. The molecule has 1 unspecified atom stereocenters. The number of hydrogen-bond donors (Lipinski definition) is 1. The van der Waals surface area contributed by atoms with Crippen LogP contribution in [-0.2, 0) is 0 Å². The van der Waals surface area contributed by atoms with Gasteiger partial charge >= 0.3 is 0 Å². The molecular formula is C14H28O. The van der Waals surface area contributed by atoms with Crippen molar-refractivity contribution in [2.75, 3.05) is 0 Å². The van der Waals surface area contributed by atoms with E-state index in [4.69, 9.17) is 5.11 Å². The molecule has 90 valence electrons. The van der Waals surface area contributed by atoms with Crippen LogP contribution in [0, 0.1) is 0 Å². The lowest BCUT2D eigenvalue weighted by Gasteiger charge is -2.03. The summed E-state index contributed by atoms with van der Waals surface area (Å²) >= 11 is 0. The number of unbranched alkanes of at least 4 members (excludes halogenated alkanes) is 8. The maximum absolute atomic E-state index is 9.07. The second-order valence-corrected chi connectivity index (χ2v) is 4.54. The number of hydrogen-bond acceptors (Lipinski definition) is 1. The van der Waals surface area contributed by atoms with Gasteiger partial charge in [-0.2, -0.15) is 0 Å². The van der Waals surface area contributed by atoms with Gasteiger partial charge in [0.2, 0.25) is 0 Å². The van der Waals surface area contributed by atoms with Gasteiger partial charge in [-0.05, 0) is 26.2 Å². The molecule has 0 saturated heterocycles. The van der Waals surface area contributed by atoms with Crippen molar-refractivity contribution in [3.8, 4) is 0 Å². The Bertz CT molecular complexity index is 129. The molecule has 0 heterocycles. The van der Waals surface area contributed by atoms with Gasteiger partial charge in [-0.1, -0.05) is 51.0 Å². The van der Waals surface area contributed by atoms with Crippen molar-refractivity contribution in [3.63, 3.8) is 0 Å². The van der Waals surface area contributed by atoms with Gasteiger partial charge in [0.1, 0.15) is 0 Å². The van der Waals surface area contributed by atoms with Crippen molar-refractivity contribution in [1.82, 2.24) is 0 Å². The van der Waals surface area contributed by atoms with Crippen LogP contribution in [0.15, 0.2) is 12.7 Å². The van der Waals surface area contributed by atoms with Crippen LogP contribution < -0.4 is 0 Å². The Morgan fingerprint density at radius 3 is 1.87 bits per heavy atom. The Morgan fingerprint density at radius 2 is 1.40 bits per heavy atom. The van der Waals surface area contributed by atoms with E-state index in [1.54, 1.807) is 0 Å². The van der Waals surface area contributed by atoms with Gasteiger partial charge in [-0.25, -0.2) is 0 Å². The van der Waals surface area contributed by atoms with E-state index >= 15 is 0 Å². The average molecular weight is 212 g/mol. The van der Waals surface area contributed by atoms with Crippen molar-refractivity contribution >= 4 is 0 Å². The number of aliphatic hydroxyl groups is 1. The van der Waals surface area contributed by atoms with E-state index in [0.717, 1.165) is 6.42 Å². The molecule has 1 atom stereocenters. The molecule has 0 amide bonds. The molecule has 0 aromatic heterocycles. The first-order chi connectivity index (χ1) is 7.27. The van der Waals surface area contributed by atoms with Crippen molar-refractivity contribution in [1.29, 1.82) is 0 Å². The predicted octanol–water partition coefficient (Wildman–Crippen LogP) is 4.45. The van der Waals surface area contributed by atoms with Gasteiger partial charge in [0.15, 0.2) is 0 Å². The topological polar surface area (TPSA) is 20.2 Å². The molecule has 0 aromatic carbocycles. The van der Waals surface area contributed by atoms with Crippen molar-refractivity contribution in [3.05, 3.63) is 12.7 Å². The molecule has 0 fully saturated rings. The maximum atomic E-state index is 9.07. The lowest BCUT2D eigenvalue weighted by Crippen LogP contribution is -1.98. The number of rotatable bonds is 11. The fourth-order valence-electron chi connectivity index (χ4n) is 1.79. The summed E-state index contributed by atoms with van der Waals surface area (Å²) in [6.07, 6.45) is 14.7. The third-order valence-corrected chi connectivity index (χ3v) is 2.78. The average Bonchev–Trinajstić information content (AvgIpc) is 2.20. The number of allylic oxidation sites excluding steroid dienone is 1. The lowest BCUT2D eigenvalue weighted by atomic mass is 10.1. The first-order valence-corrected chi connectivity index (χ1v) is 6.56. The molecule has 0 rings (SSSR count). The van der Waals surface area contributed by atoms with Crippen LogP contribution in [0.3, 0.4) is 0 Å². The molecule has 0 aliphatic heterocycles. The minimum atomic E-state index is -0.107. The first-order valence-electron chi connectivity index (χ1n) is 6.56. The van der Waals surface area contributed by atoms with Crippen LogP contribution in [0.2, 0.25) is 0 Å². The molecule has 0 aliphatic rings.